The smallest absolute Gasteiger partial charge is 0.0438 e. The summed E-state index contributed by atoms with van der Waals surface area (Å²) in [5.41, 5.74) is 2.54. The molecule has 0 bridgehead atoms. The van der Waals surface area contributed by atoms with Gasteiger partial charge >= 0.3 is 0 Å². The van der Waals surface area contributed by atoms with Crippen LogP contribution in [0.1, 0.15) is 51.2 Å². The predicted molar refractivity (Wildman–Crippen MR) is 85.4 cm³/mol. The molecular weight excluding hydrogens is 275 g/mol. The highest BCUT2D eigenvalue weighted by atomic mass is 35.5. The molecule has 1 fully saturated rings. The van der Waals surface area contributed by atoms with E-state index in [-0.39, 0.29) is 10.8 Å². The lowest BCUT2D eigenvalue weighted by atomic mass is 9.65. The fraction of sp³-hybridized carbons (Fsp3) is 0.647. The topological polar surface area (TPSA) is 0 Å². The van der Waals surface area contributed by atoms with Crippen molar-refractivity contribution in [3.8, 4) is 0 Å². The van der Waals surface area contributed by atoms with Crippen molar-refractivity contribution < 1.29 is 0 Å². The van der Waals surface area contributed by atoms with Crippen LogP contribution in [0, 0.1) is 18.8 Å². The maximum absolute atomic E-state index is 6.65. The normalized spacial score (nSPS) is 28.4. The molecule has 106 valence electrons. The number of alkyl halides is 1. The van der Waals surface area contributed by atoms with Gasteiger partial charge in [-0.25, -0.2) is 0 Å². The minimum absolute atomic E-state index is 0.0872. The van der Waals surface area contributed by atoms with E-state index in [0.717, 1.165) is 22.9 Å². The Bertz CT molecular complexity index is 451. The molecule has 0 aromatic heterocycles. The molecule has 19 heavy (non-hydrogen) atoms. The molecule has 1 aromatic carbocycles. The Kier molecular flexibility index (Phi) is 4.52. The summed E-state index contributed by atoms with van der Waals surface area (Å²) in [6.07, 6.45) is 3.64. The van der Waals surface area contributed by atoms with Crippen LogP contribution in [0.15, 0.2) is 18.2 Å². The summed E-state index contributed by atoms with van der Waals surface area (Å²) in [6.45, 7) is 8.97. The van der Waals surface area contributed by atoms with Crippen LogP contribution in [-0.2, 0) is 5.41 Å². The molecule has 0 amide bonds. The SMILES string of the molecule is Cc1ccc(C(C)(C)C2CCC(C)CC2Cl)cc1Cl. The van der Waals surface area contributed by atoms with Crippen LogP contribution in [0.4, 0.5) is 0 Å². The van der Waals surface area contributed by atoms with Crippen LogP contribution in [0.5, 0.6) is 0 Å². The average Bonchev–Trinajstić information content (AvgIpc) is 2.32. The zero-order chi connectivity index (χ0) is 14.2. The van der Waals surface area contributed by atoms with Crippen LogP contribution in [0.2, 0.25) is 5.02 Å². The van der Waals surface area contributed by atoms with Crippen molar-refractivity contribution in [2.24, 2.45) is 11.8 Å². The molecule has 2 heteroatoms. The first-order valence-electron chi connectivity index (χ1n) is 7.23. The van der Waals surface area contributed by atoms with E-state index in [0.29, 0.717) is 5.92 Å². The molecule has 0 N–H and O–H groups in total. The van der Waals surface area contributed by atoms with E-state index in [9.17, 15) is 0 Å². The van der Waals surface area contributed by atoms with Gasteiger partial charge in [0.1, 0.15) is 0 Å². The predicted octanol–water partition coefficient (Wildman–Crippen LogP) is 5.97. The summed E-state index contributed by atoms with van der Waals surface area (Å²) < 4.78 is 0. The highest BCUT2D eigenvalue weighted by Gasteiger charge is 2.39. The van der Waals surface area contributed by atoms with Gasteiger partial charge in [0.05, 0.1) is 0 Å². The second kappa shape index (κ2) is 5.66. The molecule has 3 unspecified atom stereocenters. The van der Waals surface area contributed by atoms with Crippen LogP contribution in [-0.4, -0.2) is 5.38 Å². The van der Waals surface area contributed by atoms with E-state index in [1.165, 1.54) is 18.4 Å². The molecule has 1 saturated carbocycles. The van der Waals surface area contributed by atoms with Crippen molar-refractivity contribution in [3.63, 3.8) is 0 Å². The van der Waals surface area contributed by atoms with Crippen molar-refractivity contribution in [1.29, 1.82) is 0 Å². The third-order valence-corrected chi connectivity index (χ3v) is 5.77. The Hall–Kier alpha value is -0.200. The quantitative estimate of drug-likeness (QED) is 0.590. The zero-order valence-corrected chi connectivity index (χ0v) is 13.9. The van der Waals surface area contributed by atoms with E-state index in [1.54, 1.807) is 0 Å². The van der Waals surface area contributed by atoms with Gasteiger partial charge in [0.2, 0.25) is 0 Å². The molecule has 0 heterocycles. The monoisotopic (exact) mass is 298 g/mol. The number of halogens is 2. The number of hydrogen-bond acceptors (Lipinski definition) is 0. The second-order valence-electron chi connectivity index (χ2n) is 6.73. The highest BCUT2D eigenvalue weighted by Crippen LogP contribution is 2.45. The van der Waals surface area contributed by atoms with Gasteiger partial charge in [-0.15, -0.1) is 11.6 Å². The molecule has 0 radical (unpaired) electrons. The summed E-state index contributed by atoms with van der Waals surface area (Å²) in [4.78, 5) is 0. The molecule has 1 aliphatic carbocycles. The Morgan fingerprint density at radius 3 is 2.47 bits per heavy atom. The molecule has 2 rings (SSSR count). The van der Waals surface area contributed by atoms with Crippen LogP contribution in [0.25, 0.3) is 0 Å². The van der Waals surface area contributed by atoms with Crippen molar-refractivity contribution in [2.75, 3.05) is 0 Å². The maximum atomic E-state index is 6.65. The third-order valence-electron chi connectivity index (χ3n) is 4.88. The molecular formula is C17H24Cl2. The van der Waals surface area contributed by atoms with E-state index in [2.05, 4.69) is 39.0 Å². The van der Waals surface area contributed by atoms with Crippen LogP contribution in [0.3, 0.4) is 0 Å². The van der Waals surface area contributed by atoms with E-state index in [1.807, 2.05) is 6.92 Å². The van der Waals surface area contributed by atoms with Gasteiger partial charge in [0.25, 0.3) is 0 Å². The lowest BCUT2D eigenvalue weighted by Gasteiger charge is -2.42. The van der Waals surface area contributed by atoms with Crippen molar-refractivity contribution in [2.45, 2.75) is 57.7 Å². The first-order valence-corrected chi connectivity index (χ1v) is 8.04. The average molecular weight is 299 g/mol. The molecule has 0 aliphatic heterocycles. The van der Waals surface area contributed by atoms with Gasteiger partial charge in [-0.1, -0.05) is 50.9 Å². The molecule has 3 atom stereocenters. The van der Waals surface area contributed by atoms with Crippen molar-refractivity contribution >= 4 is 23.2 Å². The summed E-state index contributed by atoms with van der Waals surface area (Å²) >= 11 is 12.9. The van der Waals surface area contributed by atoms with Gasteiger partial charge in [-0.2, -0.15) is 0 Å². The Morgan fingerprint density at radius 2 is 1.89 bits per heavy atom. The first kappa shape index (κ1) is 15.2. The van der Waals surface area contributed by atoms with E-state index >= 15 is 0 Å². The third kappa shape index (κ3) is 3.11. The van der Waals surface area contributed by atoms with Crippen molar-refractivity contribution in [3.05, 3.63) is 34.3 Å². The minimum atomic E-state index is 0.0872. The fourth-order valence-electron chi connectivity index (χ4n) is 3.33. The van der Waals surface area contributed by atoms with Gasteiger partial charge in [0, 0.05) is 10.4 Å². The lowest BCUT2D eigenvalue weighted by Crippen LogP contribution is -2.38. The van der Waals surface area contributed by atoms with E-state index < -0.39 is 0 Å². The van der Waals surface area contributed by atoms with E-state index in [4.69, 9.17) is 23.2 Å². The lowest BCUT2D eigenvalue weighted by molar-refractivity contribution is 0.207. The van der Waals surface area contributed by atoms with Gasteiger partial charge in [-0.3, -0.25) is 0 Å². The molecule has 1 aromatic rings. The van der Waals surface area contributed by atoms with Crippen molar-refractivity contribution in [1.82, 2.24) is 0 Å². The molecule has 0 saturated heterocycles. The summed E-state index contributed by atoms with van der Waals surface area (Å²) in [5, 5.41) is 1.14. The standard InChI is InChI=1S/C17H24Cl2/c1-11-5-8-14(16(19)9-11)17(3,4)13-7-6-12(2)15(18)10-13/h6-7,10-11,14,16H,5,8-9H2,1-4H3. The number of aryl methyl sites for hydroxylation is 1. The summed E-state index contributed by atoms with van der Waals surface area (Å²) in [7, 11) is 0. The highest BCUT2D eigenvalue weighted by molar-refractivity contribution is 6.31. The Labute approximate surface area is 127 Å². The maximum Gasteiger partial charge on any atom is 0.0438 e. The number of benzene rings is 1. The largest absolute Gasteiger partial charge is 0.123 e. The summed E-state index contributed by atoms with van der Waals surface area (Å²) in [5.74, 6) is 1.29. The minimum Gasteiger partial charge on any atom is -0.123 e. The zero-order valence-electron chi connectivity index (χ0n) is 12.3. The first-order chi connectivity index (χ1) is 8.82. The molecule has 0 spiro atoms. The Balaban J connectivity index is 2.28. The molecule has 0 nitrogen and oxygen atoms in total. The number of hydrogen-bond donors (Lipinski definition) is 0. The van der Waals surface area contributed by atoms with Crippen LogP contribution >= 0.6 is 23.2 Å². The Morgan fingerprint density at radius 1 is 1.21 bits per heavy atom. The van der Waals surface area contributed by atoms with Gasteiger partial charge < -0.3 is 0 Å². The van der Waals surface area contributed by atoms with Gasteiger partial charge in [-0.05, 0) is 54.2 Å². The fourth-order valence-corrected chi connectivity index (χ4v) is 4.26. The second-order valence-corrected chi connectivity index (χ2v) is 7.69. The van der Waals surface area contributed by atoms with Crippen LogP contribution < -0.4 is 0 Å². The summed E-state index contributed by atoms with van der Waals surface area (Å²) in [6, 6.07) is 6.45. The number of rotatable bonds is 2. The molecule has 1 aliphatic rings. The van der Waals surface area contributed by atoms with Gasteiger partial charge in [0.15, 0.2) is 0 Å².